The van der Waals surface area contributed by atoms with Gasteiger partial charge in [0.05, 0.1) is 6.20 Å². The minimum absolute atomic E-state index is 0.190. The maximum absolute atomic E-state index is 9.21. The van der Waals surface area contributed by atoms with Gasteiger partial charge in [-0.1, -0.05) is 18.0 Å². The molecule has 88 valence electrons. The summed E-state index contributed by atoms with van der Waals surface area (Å²) in [5.74, 6) is 1.03. The van der Waals surface area contributed by atoms with E-state index in [-0.39, 0.29) is 24.5 Å². The number of hydrogen-bond acceptors (Lipinski definition) is 5. The van der Waals surface area contributed by atoms with Crippen molar-refractivity contribution in [1.29, 1.82) is 0 Å². The van der Waals surface area contributed by atoms with Crippen molar-refractivity contribution >= 4 is 23.4 Å². The standard InChI is InChI=1S/C10H15ClN4O/c11-7-4-13-10(12)15-9(7)14-8-3-1-2-6(8)5-16/h4,6,8,16H,1-3,5H2,(H3,12,13,14,15). The summed E-state index contributed by atoms with van der Waals surface area (Å²) in [4.78, 5) is 7.85. The van der Waals surface area contributed by atoms with Crippen LogP contribution in [0, 0.1) is 5.92 Å². The molecule has 2 atom stereocenters. The Balaban J connectivity index is 2.11. The van der Waals surface area contributed by atoms with E-state index in [1.807, 2.05) is 0 Å². The summed E-state index contributed by atoms with van der Waals surface area (Å²) in [6, 6.07) is 0.219. The second-order valence-electron chi connectivity index (χ2n) is 4.05. The second-order valence-corrected chi connectivity index (χ2v) is 4.46. The third-order valence-corrected chi connectivity index (χ3v) is 3.26. The zero-order valence-electron chi connectivity index (χ0n) is 8.86. The van der Waals surface area contributed by atoms with E-state index < -0.39 is 0 Å². The van der Waals surface area contributed by atoms with Crippen molar-refractivity contribution in [2.45, 2.75) is 25.3 Å². The Morgan fingerprint density at radius 2 is 2.38 bits per heavy atom. The van der Waals surface area contributed by atoms with Crippen LogP contribution in [-0.4, -0.2) is 27.7 Å². The Morgan fingerprint density at radius 1 is 1.56 bits per heavy atom. The molecule has 0 saturated heterocycles. The summed E-state index contributed by atoms with van der Waals surface area (Å²) >= 11 is 5.96. The van der Waals surface area contributed by atoms with Crippen LogP contribution < -0.4 is 11.1 Å². The number of nitrogens with zero attached hydrogens (tertiary/aromatic N) is 2. The number of aromatic nitrogens is 2. The fraction of sp³-hybridized carbons (Fsp3) is 0.600. The molecule has 6 heteroatoms. The molecular formula is C10H15ClN4O. The molecule has 1 heterocycles. The van der Waals surface area contributed by atoms with Crippen LogP contribution >= 0.6 is 11.6 Å². The average molecular weight is 243 g/mol. The number of hydrogen-bond donors (Lipinski definition) is 3. The molecule has 1 aromatic rings. The second kappa shape index (κ2) is 4.84. The number of nitrogens with two attached hydrogens (primary N) is 1. The monoisotopic (exact) mass is 242 g/mol. The molecule has 1 aromatic heterocycles. The van der Waals surface area contributed by atoms with E-state index >= 15 is 0 Å². The zero-order valence-corrected chi connectivity index (χ0v) is 9.61. The first-order chi connectivity index (χ1) is 7.70. The maximum atomic E-state index is 9.21. The van der Waals surface area contributed by atoms with Crippen LogP contribution in [0.1, 0.15) is 19.3 Å². The molecule has 2 unspecified atom stereocenters. The number of nitrogens with one attached hydrogen (secondary N) is 1. The zero-order chi connectivity index (χ0) is 11.5. The van der Waals surface area contributed by atoms with Crippen molar-refractivity contribution in [1.82, 2.24) is 9.97 Å². The van der Waals surface area contributed by atoms with Crippen molar-refractivity contribution in [2.24, 2.45) is 5.92 Å². The van der Waals surface area contributed by atoms with Crippen LogP contribution in [0.25, 0.3) is 0 Å². The third kappa shape index (κ3) is 2.36. The highest BCUT2D eigenvalue weighted by molar-refractivity contribution is 6.32. The van der Waals surface area contributed by atoms with E-state index in [0.717, 1.165) is 19.3 Å². The lowest BCUT2D eigenvalue weighted by Crippen LogP contribution is -2.27. The smallest absolute Gasteiger partial charge is 0.222 e. The van der Waals surface area contributed by atoms with E-state index in [4.69, 9.17) is 17.3 Å². The van der Waals surface area contributed by atoms with Crippen LogP contribution in [0.3, 0.4) is 0 Å². The Hall–Kier alpha value is -1.07. The summed E-state index contributed by atoms with van der Waals surface area (Å²) in [6.45, 7) is 0.190. The summed E-state index contributed by atoms with van der Waals surface area (Å²) in [5, 5.41) is 12.9. The Bertz CT molecular complexity index is 374. The molecule has 16 heavy (non-hydrogen) atoms. The van der Waals surface area contributed by atoms with Gasteiger partial charge in [0.25, 0.3) is 0 Å². The van der Waals surface area contributed by atoms with Gasteiger partial charge in [-0.2, -0.15) is 4.98 Å². The minimum Gasteiger partial charge on any atom is -0.396 e. The van der Waals surface area contributed by atoms with E-state index in [9.17, 15) is 5.11 Å². The number of nitrogen functional groups attached to an aromatic ring is 1. The van der Waals surface area contributed by atoms with Gasteiger partial charge in [-0.3, -0.25) is 0 Å². The number of aliphatic hydroxyl groups excluding tert-OH is 1. The lowest BCUT2D eigenvalue weighted by molar-refractivity contribution is 0.222. The highest BCUT2D eigenvalue weighted by Gasteiger charge is 2.27. The van der Waals surface area contributed by atoms with Gasteiger partial charge in [-0.15, -0.1) is 0 Å². The van der Waals surface area contributed by atoms with Gasteiger partial charge >= 0.3 is 0 Å². The first-order valence-corrected chi connectivity index (χ1v) is 5.74. The SMILES string of the molecule is Nc1ncc(Cl)c(NC2CCCC2CO)n1. The van der Waals surface area contributed by atoms with Crippen LogP contribution in [0.15, 0.2) is 6.20 Å². The summed E-state index contributed by atoms with van der Waals surface area (Å²) in [7, 11) is 0. The highest BCUT2D eigenvalue weighted by Crippen LogP contribution is 2.29. The summed E-state index contributed by atoms with van der Waals surface area (Å²) in [5.41, 5.74) is 5.50. The van der Waals surface area contributed by atoms with Gasteiger partial charge in [-0.05, 0) is 12.8 Å². The van der Waals surface area contributed by atoms with Crippen molar-refractivity contribution in [3.63, 3.8) is 0 Å². The van der Waals surface area contributed by atoms with E-state index in [1.165, 1.54) is 6.20 Å². The van der Waals surface area contributed by atoms with E-state index in [1.54, 1.807) is 0 Å². The molecule has 5 nitrogen and oxygen atoms in total. The molecule has 0 aliphatic heterocycles. The lowest BCUT2D eigenvalue weighted by atomic mass is 10.1. The van der Waals surface area contributed by atoms with Crippen molar-refractivity contribution in [3.8, 4) is 0 Å². The van der Waals surface area contributed by atoms with Crippen molar-refractivity contribution in [3.05, 3.63) is 11.2 Å². The van der Waals surface area contributed by atoms with E-state index in [0.29, 0.717) is 10.8 Å². The molecule has 0 aromatic carbocycles. The molecule has 0 amide bonds. The molecule has 2 rings (SSSR count). The molecule has 0 bridgehead atoms. The summed E-state index contributed by atoms with van der Waals surface area (Å²) in [6.07, 6.45) is 4.65. The van der Waals surface area contributed by atoms with Crippen LogP contribution in [0.5, 0.6) is 0 Å². The fourth-order valence-corrected chi connectivity index (χ4v) is 2.25. The number of rotatable bonds is 3. The fourth-order valence-electron chi connectivity index (χ4n) is 2.10. The molecule has 0 radical (unpaired) electrons. The largest absolute Gasteiger partial charge is 0.396 e. The molecule has 4 N–H and O–H groups in total. The molecule has 1 fully saturated rings. The average Bonchev–Trinajstić information content (AvgIpc) is 2.71. The number of aliphatic hydroxyl groups is 1. The minimum atomic E-state index is 0.190. The molecule has 1 aliphatic carbocycles. The number of halogens is 1. The van der Waals surface area contributed by atoms with E-state index in [2.05, 4.69) is 15.3 Å². The van der Waals surface area contributed by atoms with Gasteiger partial charge in [0.2, 0.25) is 5.95 Å². The van der Waals surface area contributed by atoms with Gasteiger partial charge in [0.15, 0.2) is 5.82 Å². The van der Waals surface area contributed by atoms with Gasteiger partial charge in [0, 0.05) is 18.6 Å². The topological polar surface area (TPSA) is 84.1 Å². The van der Waals surface area contributed by atoms with Crippen molar-refractivity contribution < 1.29 is 5.11 Å². The first-order valence-electron chi connectivity index (χ1n) is 5.36. The van der Waals surface area contributed by atoms with Crippen LogP contribution in [-0.2, 0) is 0 Å². The van der Waals surface area contributed by atoms with Crippen LogP contribution in [0.4, 0.5) is 11.8 Å². The third-order valence-electron chi connectivity index (χ3n) is 2.98. The lowest BCUT2D eigenvalue weighted by Gasteiger charge is -2.20. The van der Waals surface area contributed by atoms with Crippen molar-refractivity contribution in [2.75, 3.05) is 17.7 Å². The molecule has 1 aliphatic rings. The quantitative estimate of drug-likeness (QED) is 0.744. The summed E-state index contributed by atoms with van der Waals surface area (Å²) < 4.78 is 0. The number of anilines is 2. The van der Waals surface area contributed by atoms with Gasteiger partial charge in [-0.25, -0.2) is 4.98 Å². The van der Waals surface area contributed by atoms with Gasteiger partial charge < -0.3 is 16.2 Å². The van der Waals surface area contributed by atoms with Crippen LogP contribution in [0.2, 0.25) is 5.02 Å². The Kier molecular flexibility index (Phi) is 3.46. The Labute approximate surface area is 99.0 Å². The molecule has 1 saturated carbocycles. The first kappa shape index (κ1) is 11.4. The highest BCUT2D eigenvalue weighted by atomic mass is 35.5. The predicted octanol–water partition coefficient (Wildman–Crippen LogP) is 1.29. The van der Waals surface area contributed by atoms with Gasteiger partial charge in [0.1, 0.15) is 5.02 Å². The normalized spacial score (nSPS) is 24.6. The Morgan fingerprint density at radius 3 is 3.12 bits per heavy atom. The maximum Gasteiger partial charge on any atom is 0.222 e. The molecule has 0 spiro atoms. The predicted molar refractivity (Wildman–Crippen MR) is 63.3 cm³/mol. The molecular weight excluding hydrogens is 228 g/mol.